The van der Waals surface area contributed by atoms with Gasteiger partial charge in [0.15, 0.2) is 5.78 Å². The van der Waals surface area contributed by atoms with Crippen molar-refractivity contribution >= 4 is 16.8 Å². The second-order valence-electron chi connectivity index (χ2n) is 3.34. The highest BCUT2D eigenvalue weighted by Gasteiger charge is 2.11. The van der Waals surface area contributed by atoms with E-state index in [1.807, 2.05) is 6.92 Å². The number of carbonyl (C=O) groups excluding carboxylic acids is 1. The zero-order chi connectivity index (χ0) is 10.3. The molecule has 1 N–H and O–H groups in total. The smallest absolute Gasteiger partial charge is 0.163 e. The Balaban J connectivity index is 2.80. The Morgan fingerprint density at radius 3 is 2.79 bits per heavy atom. The van der Waals surface area contributed by atoms with Crippen LogP contribution in [0.5, 0.6) is 5.75 Å². The summed E-state index contributed by atoms with van der Waals surface area (Å²) in [5.41, 5.74) is 1.90. The first kappa shape index (κ1) is 8.81. The lowest BCUT2D eigenvalue weighted by Gasteiger charge is -2.00. The van der Waals surface area contributed by atoms with E-state index >= 15 is 0 Å². The molecule has 0 amide bonds. The molecule has 0 saturated carbocycles. The van der Waals surface area contributed by atoms with Crippen LogP contribution < -0.4 is 0 Å². The fourth-order valence-electron chi connectivity index (χ4n) is 1.47. The monoisotopic (exact) mass is 190 g/mol. The minimum Gasteiger partial charge on any atom is -0.507 e. The zero-order valence-corrected chi connectivity index (χ0v) is 8.00. The van der Waals surface area contributed by atoms with Gasteiger partial charge in [0, 0.05) is 11.5 Å². The number of aromatic hydroxyl groups is 1. The number of fused-ring (bicyclic) bond motifs is 1. The normalized spacial score (nSPS) is 10.7. The minimum atomic E-state index is -0.148. The SMILES string of the molecule is CC(=O)c1cc2c(C)coc2cc1O. The number of hydrogen-bond donors (Lipinski definition) is 1. The van der Waals surface area contributed by atoms with Crippen LogP contribution in [0.25, 0.3) is 11.0 Å². The third kappa shape index (κ3) is 1.18. The summed E-state index contributed by atoms with van der Waals surface area (Å²) >= 11 is 0. The summed E-state index contributed by atoms with van der Waals surface area (Å²) in [4.78, 5) is 11.2. The quantitative estimate of drug-likeness (QED) is 0.703. The maximum atomic E-state index is 11.2. The number of carbonyl (C=O) groups is 1. The number of aryl methyl sites for hydroxylation is 1. The van der Waals surface area contributed by atoms with Crippen LogP contribution in [0.1, 0.15) is 22.8 Å². The molecular weight excluding hydrogens is 180 g/mol. The first-order chi connectivity index (χ1) is 6.59. The van der Waals surface area contributed by atoms with Gasteiger partial charge in [-0.3, -0.25) is 4.79 Å². The number of hydrogen-bond acceptors (Lipinski definition) is 3. The Morgan fingerprint density at radius 2 is 2.14 bits per heavy atom. The van der Waals surface area contributed by atoms with E-state index in [1.165, 1.54) is 13.0 Å². The highest BCUT2D eigenvalue weighted by atomic mass is 16.3. The number of phenolic OH excluding ortho intramolecular Hbond substituents is 1. The molecule has 0 aliphatic rings. The van der Waals surface area contributed by atoms with Crippen LogP contribution in [-0.2, 0) is 0 Å². The molecule has 72 valence electrons. The van der Waals surface area contributed by atoms with Gasteiger partial charge in [-0.1, -0.05) is 0 Å². The predicted octanol–water partition coefficient (Wildman–Crippen LogP) is 2.65. The highest BCUT2D eigenvalue weighted by Crippen LogP contribution is 2.28. The summed E-state index contributed by atoms with van der Waals surface area (Å²) in [7, 11) is 0. The van der Waals surface area contributed by atoms with Crippen LogP contribution in [-0.4, -0.2) is 10.9 Å². The van der Waals surface area contributed by atoms with Crippen molar-refractivity contribution in [3.63, 3.8) is 0 Å². The summed E-state index contributed by atoms with van der Waals surface area (Å²) in [6, 6.07) is 3.13. The van der Waals surface area contributed by atoms with Gasteiger partial charge in [0.05, 0.1) is 11.8 Å². The predicted molar refractivity (Wildman–Crippen MR) is 52.6 cm³/mol. The van der Waals surface area contributed by atoms with Crippen molar-refractivity contribution in [2.75, 3.05) is 0 Å². The number of ketones is 1. The van der Waals surface area contributed by atoms with E-state index < -0.39 is 0 Å². The molecule has 0 aliphatic carbocycles. The molecule has 0 unspecified atom stereocenters. The average Bonchev–Trinajstić information content (AvgIpc) is 2.46. The first-order valence-corrected chi connectivity index (χ1v) is 4.31. The highest BCUT2D eigenvalue weighted by molar-refractivity contribution is 6.01. The minimum absolute atomic E-state index is 0.0284. The fourth-order valence-corrected chi connectivity index (χ4v) is 1.47. The fraction of sp³-hybridized carbons (Fsp3) is 0.182. The standard InChI is InChI=1S/C11H10O3/c1-6-5-14-11-4-10(13)9(7(2)12)3-8(6)11/h3-5,13H,1-2H3. The van der Waals surface area contributed by atoms with Crippen molar-refractivity contribution in [1.82, 2.24) is 0 Å². The molecule has 0 atom stereocenters. The molecule has 1 aromatic heterocycles. The second kappa shape index (κ2) is 2.87. The lowest BCUT2D eigenvalue weighted by Crippen LogP contribution is -1.92. The number of benzene rings is 1. The lowest BCUT2D eigenvalue weighted by atomic mass is 10.1. The largest absolute Gasteiger partial charge is 0.507 e. The molecular formula is C11H10O3. The van der Waals surface area contributed by atoms with Crippen LogP contribution in [0.3, 0.4) is 0 Å². The van der Waals surface area contributed by atoms with Gasteiger partial charge in [-0.05, 0) is 25.5 Å². The average molecular weight is 190 g/mol. The van der Waals surface area contributed by atoms with E-state index in [2.05, 4.69) is 0 Å². The second-order valence-corrected chi connectivity index (χ2v) is 3.34. The van der Waals surface area contributed by atoms with E-state index in [1.54, 1.807) is 12.3 Å². The summed E-state index contributed by atoms with van der Waals surface area (Å²) < 4.78 is 5.19. The molecule has 14 heavy (non-hydrogen) atoms. The molecule has 1 heterocycles. The molecule has 0 saturated heterocycles. The van der Waals surface area contributed by atoms with Crippen molar-refractivity contribution in [1.29, 1.82) is 0 Å². The van der Waals surface area contributed by atoms with Gasteiger partial charge in [-0.2, -0.15) is 0 Å². The first-order valence-electron chi connectivity index (χ1n) is 4.31. The van der Waals surface area contributed by atoms with Crippen LogP contribution in [0, 0.1) is 6.92 Å². The third-order valence-electron chi connectivity index (χ3n) is 2.26. The topological polar surface area (TPSA) is 50.4 Å². The van der Waals surface area contributed by atoms with Crippen LogP contribution in [0.4, 0.5) is 0 Å². The molecule has 0 fully saturated rings. The number of furan rings is 1. The van der Waals surface area contributed by atoms with Gasteiger partial charge >= 0.3 is 0 Å². The van der Waals surface area contributed by atoms with Gasteiger partial charge in [-0.15, -0.1) is 0 Å². The van der Waals surface area contributed by atoms with E-state index in [0.717, 1.165) is 10.9 Å². The van der Waals surface area contributed by atoms with E-state index in [0.29, 0.717) is 11.1 Å². The van der Waals surface area contributed by atoms with Gasteiger partial charge < -0.3 is 9.52 Å². The summed E-state index contributed by atoms with van der Waals surface area (Å²) in [5, 5.41) is 10.4. The molecule has 3 nitrogen and oxygen atoms in total. The number of Topliss-reactive ketones (excluding diaryl/α,β-unsaturated/α-hetero) is 1. The summed E-state index contributed by atoms with van der Waals surface area (Å²) in [5.74, 6) is -0.177. The summed E-state index contributed by atoms with van der Waals surface area (Å²) in [6.07, 6.45) is 1.61. The Hall–Kier alpha value is -1.77. The molecule has 1 aromatic carbocycles. The Bertz CT molecular complexity index is 508. The van der Waals surface area contributed by atoms with Crippen molar-refractivity contribution in [3.8, 4) is 5.75 Å². The summed E-state index contributed by atoms with van der Waals surface area (Å²) in [6.45, 7) is 3.32. The molecule has 0 radical (unpaired) electrons. The van der Waals surface area contributed by atoms with Crippen LogP contribution >= 0.6 is 0 Å². The van der Waals surface area contributed by atoms with Crippen molar-refractivity contribution in [2.45, 2.75) is 13.8 Å². The van der Waals surface area contributed by atoms with Gasteiger partial charge in [0.2, 0.25) is 0 Å². The maximum Gasteiger partial charge on any atom is 0.163 e. The van der Waals surface area contributed by atoms with Gasteiger partial charge in [-0.25, -0.2) is 0 Å². The maximum absolute atomic E-state index is 11.2. The van der Waals surface area contributed by atoms with E-state index in [-0.39, 0.29) is 11.5 Å². The molecule has 2 rings (SSSR count). The van der Waals surface area contributed by atoms with Gasteiger partial charge in [0.1, 0.15) is 11.3 Å². The lowest BCUT2D eigenvalue weighted by molar-refractivity contribution is 0.101. The van der Waals surface area contributed by atoms with E-state index in [4.69, 9.17) is 4.42 Å². The van der Waals surface area contributed by atoms with Crippen LogP contribution in [0.2, 0.25) is 0 Å². The zero-order valence-electron chi connectivity index (χ0n) is 8.00. The van der Waals surface area contributed by atoms with E-state index in [9.17, 15) is 9.90 Å². The molecule has 3 heteroatoms. The molecule has 0 spiro atoms. The molecule has 2 aromatic rings. The third-order valence-corrected chi connectivity index (χ3v) is 2.26. The van der Waals surface area contributed by atoms with Gasteiger partial charge in [0.25, 0.3) is 0 Å². The van der Waals surface area contributed by atoms with Crippen molar-refractivity contribution in [3.05, 3.63) is 29.5 Å². The Kier molecular flexibility index (Phi) is 1.81. The number of rotatable bonds is 1. The molecule has 0 bridgehead atoms. The Morgan fingerprint density at radius 1 is 1.43 bits per heavy atom. The number of phenols is 1. The van der Waals surface area contributed by atoms with Crippen molar-refractivity contribution in [2.24, 2.45) is 0 Å². The molecule has 0 aliphatic heterocycles. The Labute approximate surface area is 81.0 Å². The van der Waals surface area contributed by atoms with Crippen molar-refractivity contribution < 1.29 is 14.3 Å². The van der Waals surface area contributed by atoms with Crippen LogP contribution in [0.15, 0.2) is 22.8 Å².